The second-order valence-corrected chi connectivity index (χ2v) is 5.88. The number of anilines is 1. The number of rotatable bonds is 4. The molecule has 1 atom stereocenters. The van der Waals surface area contributed by atoms with Crippen molar-refractivity contribution in [2.45, 2.75) is 6.10 Å². The fraction of sp³-hybridized carbons (Fsp3) is 0.273. The van der Waals surface area contributed by atoms with Gasteiger partial charge in [0.1, 0.15) is 0 Å². The second-order valence-electron chi connectivity index (χ2n) is 4.14. The maximum Gasteiger partial charge on any atom is 0.229 e. The van der Waals surface area contributed by atoms with Crippen molar-refractivity contribution in [3.05, 3.63) is 30.0 Å². The van der Waals surface area contributed by atoms with Gasteiger partial charge in [0, 0.05) is 18.1 Å². The van der Waals surface area contributed by atoms with Crippen LogP contribution in [0.1, 0.15) is 11.7 Å². The quantitative estimate of drug-likeness (QED) is 0.649. The second kappa shape index (κ2) is 4.60. The number of fused-ring (bicyclic) bond motifs is 1. The first-order valence-electron chi connectivity index (χ1n) is 5.37. The van der Waals surface area contributed by atoms with Gasteiger partial charge in [0.2, 0.25) is 10.0 Å². The van der Waals surface area contributed by atoms with Crippen LogP contribution in [0.4, 0.5) is 5.69 Å². The Kier molecular flexibility index (Phi) is 3.29. The van der Waals surface area contributed by atoms with Crippen molar-refractivity contribution in [1.82, 2.24) is 4.98 Å². The molecular weight excluding hydrogens is 254 g/mol. The van der Waals surface area contributed by atoms with E-state index >= 15 is 0 Å². The largest absolute Gasteiger partial charge is 0.387 e. The summed E-state index contributed by atoms with van der Waals surface area (Å²) < 4.78 is 25.0. The number of nitrogens with two attached hydrogens (primary N) is 1. The molecule has 1 unspecified atom stereocenters. The lowest BCUT2D eigenvalue weighted by atomic mass is 10.1. The third-order valence-electron chi connectivity index (χ3n) is 2.59. The van der Waals surface area contributed by atoms with Gasteiger partial charge in [-0.15, -0.1) is 0 Å². The minimum Gasteiger partial charge on any atom is -0.387 e. The third kappa shape index (κ3) is 2.63. The average Bonchev–Trinajstić information content (AvgIpc) is 2.74. The Morgan fingerprint density at radius 1 is 1.50 bits per heavy atom. The van der Waals surface area contributed by atoms with E-state index in [-0.39, 0.29) is 6.54 Å². The molecule has 18 heavy (non-hydrogen) atoms. The molecule has 1 aromatic carbocycles. The Hall–Kier alpha value is -1.57. The van der Waals surface area contributed by atoms with Crippen LogP contribution in [-0.2, 0) is 10.0 Å². The number of hydrogen-bond donors (Lipinski definition) is 4. The van der Waals surface area contributed by atoms with Crippen LogP contribution in [0, 0.1) is 0 Å². The number of H-pyrrole nitrogens is 1. The maximum atomic E-state index is 11.3. The van der Waals surface area contributed by atoms with E-state index in [4.69, 9.17) is 5.73 Å². The molecule has 6 nitrogen and oxygen atoms in total. The summed E-state index contributed by atoms with van der Waals surface area (Å²) in [4.78, 5) is 2.96. The average molecular weight is 269 g/mol. The summed E-state index contributed by atoms with van der Waals surface area (Å²) in [5.41, 5.74) is 7.06. The van der Waals surface area contributed by atoms with Gasteiger partial charge in [-0.3, -0.25) is 4.72 Å². The van der Waals surface area contributed by atoms with Crippen molar-refractivity contribution in [2.24, 2.45) is 5.73 Å². The van der Waals surface area contributed by atoms with Crippen LogP contribution in [0.5, 0.6) is 0 Å². The Morgan fingerprint density at radius 3 is 2.83 bits per heavy atom. The standard InChI is InChI=1S/C11H15N3O3S/c1-18(16,17)14-9-5-8(10(15)6-12)4-7-2-3-13-11(7)9/h2-5,10,13-15H,6,12H2,1H3. The monoisotopic (exact) mass is 269 g/mol. The Labute approximate surface area is 105 Å². The lowest BCUT2D eigenvalue weighted by Crippen LogP contribution is -2.13. The number of benzene rings is 1. The molecule has 1 aromatic heterocycles. The highest BCUT2D eigenvalue weighted by Crippen LogP contribution is 2.27. The summed E-state index contributed by atoms with van der Waals surface area (Å²) in [5, 5.41) is 10.5. The number of nitrogens with one attached hydrogen (secondary N) is 2. The zero-order valence-corrected chi connectivity index (χ0v) is 10.7. The summed E-state index contributed by atoms with van der Waals surface area (Å²) >= 11 is 0. The van der Waals surface area contributed by atoms with Crippen LogP contribution in [0.25, 0.3) is 10.9 Å². The Bertz CT molecular complexity index is 663. The molecule has 0 radical (unpaired) electrons. The van der Waals surface area contributed by atoms with Crippen LogP contribution in [0.3, 0.4) is 0 Å². The summed E-state index contributed by atoms with van der Waals surface area (Å²) in [5.74, 6) is 0. The first-order valence-corrected chi connectivity index (χ1v) is 7.27. The first-order chi connectivity index (χ1) is 8.40. The molecule has 0 bridgehead atoms. The topological polar surface area (TPSA) is 108 Å². The smallest absolute Gasteiger partial charge is 0.229 e. The van der Waals surface area contributed by atoms with Crippen LogP contribution in [0.15, 0.2) is 24.4 Å². The van der Waals surface area contributed by atoms with E-state index < -0.39 is 16.1 Å². The number of sulfonamides is 1. The number of hydrogen-bond acceptors (Lipinski definition) is 4. The SMILES string of the molecule is CS(=O)(=O)Nc1cc(C(O)CN)cc2cc[nH]c12. The molecule has 0 fully saturated rings. The summed E-state index contributed by atoms with van der Waals surface area (Å²) in [6.45, 7) is 0.0776. The van der Waals surface area contributed by atoms with E-state index in [2.05, 4.69) is 9.71 Å². The minimum absolute atomic E-state index is 0.0776. The number of aliphatic hydroxyl groups excluding tert-OH is 1. The normalized spacial score (nSPS) is 13.7. The van der Waals surface area contributed by atoms with E-state index in [9.17, 15) is 13.5 Å². The molecule has 2 aromatic rings. The van der Waals surface area contributed by atoms with Crippen LogP contribution >= 0.6 is 0 Å². The molecule has 0 aliphatic rings. The van der Waals surface area contributed by atoms with Crippen molar-refractivity contribution < 1.29 is 13.5 Å². The van der Waals surface area contributed by atoms with E-state index in [1.165, 1.54) is 0 Å². The van der Waals surface area contributed by atoms with Gasteiger partial charge in [-0.2, -0.15) is 0 Å². The molecule has 0 saturated carbocycles. The fourth-order valence-corrected chi connectivity index (χ4v) is 2.36. The molecule has 0 aliphatic heterocycles. The van der Waals surface area contributed by atoms with Crippen molar-refractivity contribution in [1.29, 1.82) is 0 Å². The predicted octanol–water partition coefficient (Wildman–Crippen LogP) is 0.531. The van der Waals surface area contributed by atoms with Gasteiger partial charge in [-0.25, -0.2) is 8.42 Å². The van der Waals surface area contributed by atoms with E-state index in [1.807, 2.05) is 0 Å². The van der Waals surface area contributed by atoms with Crippen LogP contribution in [0.2, 0.25) is 0 Å². The number of aromatic nitrogens is 1. The highest BCUT2D eigenvalue weighted by atomic mass is 32.2. The zero-order chi connectivity index (χ0) is 13.3. The highest BCUT2D eigenvalue weighted by molar-refractivity contribution is 7.92. The first kappa shape index (κ1) is 12.9. The molecule has 2 rings (SSSR count). The molecule has 0 amide bonds. The Morgan fingerprint density at radius 2 is 2.22 bits per heavy atom. The zero-order valence-electron chi connectivity index (χ0n) is 9.84. The van der Waals surface area contributed by atoms with E-state index in [1.54, 1.807) is 24.4 Å². The highest BCUT2D eigenvalue weighted by Gasteiger charge is 2.13. The van der Waals surface area contributed by atoms with Gasteiger partial charge in [0.05, 0.1) is 23.6 Å². The molecule has 7 heteroatoms. The molecule has 0 spiro atoms. The van der Waals surface area contributed by atoms with Gasteiger partial charge in [-0.1, -0.05) is 0 Å². The molecule has 0 saturated heterocycles. The van der Waals surface area contributed by atoms with E-state index in [0.717, 1.165) is 11.6 Å². The van der Waals surface area contributed by atoms with Crippen molar-refractivity contribution in [2.75, 3.05) is 17.5 Å². The van der Waals surface area contributed by atoms with Crippen molar-refractivity contribution in [3.63, 3.8) is 0 Å². The van der Waals surface area contributed by atoms with Gasteiger partial charge < -0.3 is 15.8 Å². The minimum atomic E-state index is -3.38. The molecule has 5 N–H and O–H groups in total. The van der Waals surface area contributed by atoms with Crippen molar-refractivity contribution >= 4 is 26.6 Å². The van der Waals surface area contributed by atoms with Gasteiger partial charge >= 0.3 is 0 Å². The molecule has 98 valence electrons. The van der Waals surface area contributed by atoms with Gasteiger partial charge in [0.25, 0.3) is 0 Å². The Balaban J connectivity index is 2.58. The van der Waals surface area contributed by atoms with Crippen molar-refractivity contribution in [3.8, 4) is 0 Å². The lowest BCUT2D eigenvalue weighted by molar-refractivity contribution is 0.187. The van der Waals surface area contributed by atoms with Crippen LogP contribution in [-0.4, -0.2) is 31.3 Å². The predicted molar refractivity (Wildman–Crippen MR) is 70.8 cm³/mol. The fourth-order valence-electron chi connectivity index (χ4n) is 1.80. The number of aliphatic hydroxyl groups is 1. The van der Waals surface area contributed by atoms with Crippen LogP contribution < -0.4 is 10.5 Å². The van der Waals surface area contributed by atoms with Gasteiger partial charge in [0.15, 0.2) is 0 Å². The van der Waals surface area contributed by atoms with Gasteiger partial charge in [-0.05, 0) is 23.8 Å². The summed E-state index contributed by atoms with van der Waals surface area (Å²) in [6, 6.07) is 5.16. The third-order valence-corrected chi connectivity index (χ3v) is 3.18. The molecule has 1 heterocycles. The number of aromatic amines is 1. The summed E-state index contributed by atoms with van der Waals surface area (Å²) in [7, 11) is -3.38. The summed E-state index contributed by atoms with van der Waals surface area (Å²) in [6.07, 6.45) is 1.97. The van der Waals surface area contributed by atoms with E-state index in [0.29, 0.717) is 16.8 Å². The molecule has 0 aliphatic carbocycles. The maximum absolute atomic E-state index is 11.3. The molecular formula is C11H15N3O3S. The lowest BCUT2D eigenvalue weighted by Gasteiger charge is -2.12.